The van der Waals surface area contributed by atoms with E-state index >= 15 is 0 Å². The Morgan fingerprint density at radius 2 is 1.72 bits per heavy atom. The molecule has 1 nitrogen and oxygen atoms in total. The van der Waals surface area contributed by atoms with Crippen LogP contribution in [0.2, 0.25) is 10.0 Å². The average Bonchev–Trinajstić information content (AvgIpc) is 2.38. The molecule has 0 saturated heterocycles. The second kappa shape index (κ2) is 8.04. The maximum atomic E-state index is 6.10. The summed E-state index contributed by atoms with van der Waals surface area (Å²) in [6, 6.07) is 6.31. The first-order chi connectivity index (χ1) is 8.62. The molecule has 0 heterocycles. The van der Waals surface area contributed by atoms with Crippen LogP contribution in [0.3, 0.4) is 0 Å². The van der Waals surface area contributed by atoms with Crippen molar-refractivity contribution in [2.24, 2.45) is 5.92 Å². The van der Waals surface area contributed by atoms with E-state index in [2.05, 4.69) is 32.2 Å². The zero-order chi connectivity index (χ0) is 13.5. The lowest BCUT2D eigenvalue weighted by atomic mass is 9.91. The summed E-state index contributed by atoms with van der Waals surface area (Å²) in [5, 5.41) is 4.81. The first kappa shape index (κ1) is 15.8. The molecule has 0 radical (unpaired) electrons. The molecular formula is C15H23Cl2N. The van der Waals surface area contributed by atoms with Gasteiger partial charge in [-0.1, -0.05) is 62.9 Å². The smallest absolute Gasteiger partial charge is 0.0595 e. The normalized spacial score (nSPS) is 13.0. The summed E-state index contributed by atoms with van der Waals surface area (Å²) in [5.74, 6) is 0.753. The van der Waals surface area contributed by atoms with Gasteiger partial charge in [-0.15, -0.1) is 0 Å². The Balaban J connectivity index is 2.85. The van der Waals surface area contributed by atoms with Crippen LogP contribution in [0.15, 0.2) is 18.2 Å². The molecule has 1 aromatic carbocycles. The van der Waals surface area contributed by atoms with Gasteiger partial charge in [0.05, 0.1) is 10.0 Å². The number of hydrogen-bond acceptors (Lipinski definition) is 1. The molecule has 0 aliphatic rings. The lowest BCUT2D eigenvalue weighted by Crippen LogP contribution is -2.23. The van der Waals surface area contributed by atoms with E-state index in [-0.39, 0.29) is 0 Å². The van der Waals surface area contributed by atoms with E-state index in [4.69, 9.17) is 23.2 Å². The molecule has 3 heteroatoms. The first-order valence-electron chi connectivity index (χ1n) is 6.80. The minimum absolute atomic E-state index is 0.370. The molecule has 1 unspecified atom stereocenters. The van der Waals surface area contributed by atoms with E-state index < -0.39 is 0 Å². The third-order valence-corrected chi connectivity index (χ3v) is 4.26. The fraction of sp³-hybridized carbons (Fsp3) is 0.600. The molecule has 0 aliphatic heterocycles. The Hall–Kier alpha value is -0.240. The molecule has 0 spiro atoms. The van der Waals surface area contributed by atoms with Gasteiger partial charge in [0.15, 0.2) is 0 Å². The Bertz CT molecular complexity index is 362. The van der Waals surface area contributed by atoms with E-state index in [0.29, 0.717) is 16.1 Å². The molecular weight excluding hydrogens is 265 g/mol. The standard InChI is InChI=1S/C15H23Cl2N/c1-4-11(5-2)9-15(18-6-3)12-7-8-13(16)14(17)10-12/h7-8,10-11,15,18H,4-6,9H2,1-3H3. The van der Waals surface area contributed by atoms with Crippen molar-refractivity contribution in [3.8, 4) is 0 Å². The second-order valence-electron chi connectivity index (χ2n) is 4.70. The molecule has 102 valence electrons. The van der Waals surface area contributed by atoms with Gasteiger partial charge in [-0.3, -0.25) is 0 Å². The highest BCUT2D eigenvalue weighted by molar-refractivity contribution is 6.42. The number of hydrogen-bond donors (Lipinski definition) is 1. The second-order valence-corrected chi connectivity index (χ2v) is 5.52. The molecule has 1 aromatic rings. The summed E-state index contributed by atoms with van der Waals surface area (Å²) in [7, 11) is 0. The largest absolute Gasteiger partial charge is 0.310 e. The van der Waals surface area contributed by atoms with E-state index in [1.54, 1.807) is 0 Å². The van der Waals surface area contributed by atoms with Crippen molar-refractivity contribution in [3.63, 3.8) is 0 Å². The van der Waals surface area contributed by atoms with Gasteiger partial charge >= 0.3 is 0 Å². The highest BCUT2D eigenvalue weighted by Gasteiger charge is 2.16. The van der Waals surface area contributed by atoms with Crippen LogP contribution in [0.4, 0.5) is 0 Å². The van der Waals surface area contributed by atoms with Crippen LogP contribution in [-0.2, 0) is 0 Å². The van der Waals surface area contributed by atoms with Gasteiger partial charge in [0.25, 0.3) is 0 Å². The molecule has 1 N–H and O–H groups in total. The lowest BCUT2D eigenvalue weighted by Gasteiger charge is -2.23. The molecule has 1 rings (SSSR count). The van der Waals surface area contributed by atoms with Crippen molar-refractivity contribution in [2.45, 2.75) is 46.1 Å². The number of rotatable bonds is 7. The maximum Gasteiger partial charge on any atom is 0.0595 e. The summed E-state index contributed by atoms with van der Waals surface area (Å²) in [5.41, 5.74) is 1.23. The molecule has 0 amide bonds. The predicted octanol–water partition coefficient (Wildman–Crippen LogP) is 5.47. The van der Waals surface area contributed by atoms with Crippen LogP contribution in [-0.4, -0.2) is 6.54 Å². The summed E-state index contributed by atoms with van der Waals surface area (Å²) in [6.07, 6.45) is 3.60. The minimum atomic E-state index is 0.370. The van der Waals surface area contributed by atoms with E-state index in [9.17, 15) is 0 Å². The molecule has 0 bridgehead atoms. The summed E-state index contributed by atoms with van der Waals surface area (Å²) in [4.78, 5) is 0. The van der Waals surface area contributed by atoms with Crippen LogP contribution in [0.5, 0.6) is 0 Å². The molecule has 0 saturated carbocycles. The van der Waals surface area contributed by atoms with Crippen LogP contribution >= 0.6 is 23.2 Å². The van der Waals surface area contributed by atoms with E-state index in [0.717, 1.165) is 18.9 Å². The van der Waals surface area contributed by atoms with Gasteiger partial charge < -0.3 is 5.32 Å². The van der Waals surface area contributed by atoms with Gasteiger partial charge in [-0.25, -0.2) is 0 Å². The fourth-order valence-electron chi connectivity index (χ4n) is 2.27. The van der Waals surface area contributed by atoms with Gasteiger partial charge in [0, 0.05) is 6.04 Å². The van der Waals surface area contributed by atoms with Gasteiger partial charge in [0.2, 0.25) is 0 Å². The number of nitrogens with one attached hydrogen (secondary N) is 1. The van der Waals surface area contributed by atoms with Crippen molar-refractivity contribution < 1.29 is 0 Å². The van der Waals surface area contributed by atoms with Crippen LogP contribution in [0, 0.1) is 5.92 Å². The van der Waals surface area contributed by atoms with Crippen molar-refractivity contribution >= 4 is 23.2 Å². The van der Waals surface area contributed by atoms with Crippen molar-refractivity contribution in [1.82, 2.24) is 5.32 Å². The zero-order valence-corrected chi connectivity index (χ0v) is 13.0. The van der Waals surface area contributed by atoms with Crippen molar-refractivity contribution in [3.05, 3.63) is 33.8 Å². The maximum absolute atomic E-state index is 6.10. The molecule has 1 atom stereocenters. The molecule has 0 aliphatic carbocycles. The van der Waals surface area contributed by atoms with Gasteiger partial charge in [-0.05, 0) is 36.6 Å². The topological polar surface area (TPSA) is 12.0 Å². The highest BCUT2D eigenvalue weighted by atomic mass is 35.5. The number of halogens is 2. The van der Waals surface area contributed by atoms with Crippen LogP contribution in [0.1, 0.15) is 51.6 Å². The van der Waals surface area contributed by atoms with Crippen molar-refractivity contribution in [2.75, 3.05) is 6.54 Å². The lowest BCUT2D eigenvalue weighted by molar-refractivity contribution is 0.375. The van der Waals surface area contributed by atoms with E-state index in [1.165, 1.54) is 18.4 Å². The Labute approximate surface area is 121 Å². The Morgan fingerprint density at radius 3 is 2.22 bits per heavy atom. The number of benzene rings is 1. The predicted molar refractivity (Wildman–Crippen MR) is 81.6 cm³/mol. The van der Waals surface area contributed by atoms with Crippen LogP contribution < -0.4 is 5.32 Å². The monoisotopic (exact) mass is 287 g/mol. The van der Waals surface area contributed by atoms with Crippen LogP contribution in [0.25, 0.3) is 0 Å². The fourth-order valence-corrected chi connectivity index (χ4v) is 2.57. The molecule has 18 heavy (non-hydrogen) atoms. The molecule has 0 fully saturated rings. The summed E-state index contributed by atoms with van der Waals surface area (Å²) < 4.78 is 0. The first-order valence-corrected chi connectivity index (χ1v) is 7.56. The zero-order valence-electron chi connectivity index (χ0n) is 11.5. The quantitative estimate of drug-likeness (QED) is 0.701. The third-order valence-electron chi connectivity index (χ3n) is 3.52. The SMILES string of the molecule is CCNC(CC(CC)CC)c1ccc(Cl)c(Cl)c1. The van der Waals surface area contributed by atoms with E-state index in [1.807, 2.05) is 12.1 Å². The summed E-state index contributed by atoms with van der Waals surface area (Å²) in [6.45, 7) is 7.61. The highest BCUT2D eigenvalue weighted by Crippen LogP contribution is 2.30. The summed E-state index contributed by atoms with van der Waals surface area (Å²) >= 11 is 12.1. The Kier molecular flexibility index (Phi) is 7.06. The van der Waals surface area contributed by atoms with Gasteiger partial charge in [0.1, 0.15) is 0 Å². The van der Waals surface area contributed by atoms with Crippen molar-refractivity contribution in [1.29, 1.82) is 0 Å². The Morgan fingerprint density at radius 1 is 1.06 bits per heavy atom. The average molecular weight is 288 g/mol. The third kappa shape index (κ3) is 4.46. The minimum Gasteiger partial charge on any atom is -0.310 e. The van der Waals surface area contributed by atoms with Gasteiger partial charge in [-0.2, -0.15) is 0 Å². The molecule has 0 aromatic heterocycles.